The molecule has 13 nitrogen and oxygen atoms in total. The average Bonchev–Trinajstić information content (AvgIpc) is 3.03. The van der Waals surface area contributed by atoms with Crippen molar-refractivity contribution in [1.82, 2.24) is 24.6 Å². The van der Waals surface area contributed by atoms with Gasteiger partial charge in [-0.25, -0.2) is 14.3 Å². The summed E-state index contributed by atoms with van der Waals surface area (Å²) in [6.07, 6.45) is -1.22. The van der Waals surface area contributed by atoms with E-state index in [0.29, 0.717) is 6.54 Å². The highest BCUT2D eigenvalue weighted by atomic mass is 32.2. The maximum absolute atomic E-state index is 13.2. The molecule has 2 heterocycles. The second-order valence-electron chi connectivity index (χ2n) is 9.09. The van der Waals surface area contributed by atoms with Crippen LogP contribution in [0.2, 0.25) is 0 Å². The largest absolute Gasteiger partial charge is 0.480 e. The third-order valence-electron chi connectivity index (χ3n) is 5.63. The zero-order valence-electron chi connectivity index (χ0n) is 20.1. The SMILES string of the molecule is CN(C)CCOC(=O)NS(=O)(=O)NC(C(=O)N[C@@H]1C(=O)N2[C@@H]1SC(C)(C)[C@@H]2C(=O)O)c1ccccc1. The molecule has 0 radical (unpaired) electrons. The van der Waals surface area contributed by atoms with Crippen LogP contribution in [0.25, 0.3) is 0 Å². The smallest absolute Gasteiger partial charge is 0.421 e. The van der Waals surface area contributed by atoms with Crippen LogP contribution in [-0.4, -0.2) is 96.7 Å². The number of fused-ring (bicyclic) bond motifs is 1. The molecule has 1 aromatic rings. The Bertz CT molecular complexity index is 1130. The lowest BCUT2D eigenvalue weighted by Crippen LogP contribution is -2.71. The predicted molar refractivity (Wildman–Crippen MR) is 130 cm³/mol. The molecule has 4 N–H and O–H groups in total. The van der Waals surface area contributed by atoms with Gasteiger partial charge in [0.15, 0.2) is 0 Å². The van der Waals surface area contributed by atoms with Crippen LogP contribution in [0.3, 0.4) is 0 Å². The number of thioether (sulfide) groups is 1. The van der Waals surface area contributed by atoms with Gasteiger partial charge in [-0.05, 0) is 33.5 Å². The molecule has 3 amide bonds. The van der Waals surface area contributed by atoms with Crippen molar-refractivity contribution in [2.24, 2.45) is 0 Å². The molecule has 0 aliphatic carbocycles. The number of aliphatic carboxylic acids is 1. The Morgan fingerprint density at radius 1 is 1.22 bits per heavy atom. The summed E-state index contributed by atoms with van der Waals surface area (Å²) in [5.41, 5.74) is 0.257. The van der Waals surface area contributed by atoms with Crippen LogP contribution in [0.4, 0.5) is 4.79 Å². The molecule has 198 valence electrons. The zero-order chi connectivity index (χ0) is 26.8. The minimum Gasteiger partial charge on any atom is -0.480 e. The number of hydrogen-bond acceptors (Lipinski definition) is 9. The fourth-order valence-corrected chi connectivity index (χ4v) is 6.46. The van der Waals surface area contributed by atoms with Gasteiger partial charge in [0.05, 0.1) is 0 Å². The Morgan fingerprint density at radius 2 is 1.86 bits per heavy atom. The van der Waals surface area contributed by atoms with Gasteiger partial charge in [-0.3, -0.25) is 9.59 Å². The van der Waals surface area contributed by atoms with E-state index in [0.717, 1.165) is 0 Å². The monoisotopic (exact) mass is 543 g/mol. The minimum absolute atomic E-state index is 0.0516. The quantitative estimate of drug-likeness (QED) is 0.281. The van der Waals surface area contributed by atoms with E-state index >= 15 is 0 Å². The predicted octanol–water partition coefficient (Wildman–Crippen LogP) is -0.518. The van der Waals surface area contributed by atoms with Crippen LogP contribution >= 0.6 is 11.8 Å². The lowest BCUT2D eigenvalue weighted by Gasteiger charge is -2.44. The van der Waals surface area contributed by atoms with Gasteiger partial charge in [0.2, 0.25) is 11.8 Å². The number of carbonyl (C=O) groups excluding carboxylic acids is 3. The molecule has 1 unspecified atom stereocenters. The van der Waals surface area contributed by atoms with Crippen molar-refractivity contribution >= 4 is 45.8 Å². The third kappa shape index (κ3) is 6.08. The van der Waals surface area contributed by atoms with E-state index in [-0.39, 0.29) is 12.2 Å². The first kappa shape index (κ1) is 27.7. The molecule has 3 rings (SSSR count). The number of carboxylic acid groups (broad SMARTS) is 1. The minimum atomic E-state index is -4.55. The van der Waals surface area contributed by atoms with Crippen molar-refractivity contribution in [3.8, 4) is 0 Å². The van der Waals surface area contributed by atoms with Crippen LogP contribution in [0.1, 0.15) is 25.5 Å². The number of hydrogen-bond donors (Lipinski definition) is 4. The highest BCUT2D eigenvalue weighted by Gasteiger charge is 2.64. The van der Waals surface area contributed by atoms with Gasteiger partial charge in [0.25, 0.3) is 0 Å². The number of nitrogens with zero attached hydrogens (tertiary/aromatic N) is 2. The van der Waals surface area contributed by atoms with E-state index in [9.17, 15) is 32.7 Å². The first-order chi connectivity index (χ1) is 16.7. The molecule has 2 aliphatic heterocycles. The van der Waals surface area contributed by atoms with Crippen LogP contribution < -0.4 is 14.8 Å². The fraction of sp³-hybridized carbons (Fsp3) is 0.524. The highest BCUT2D eigenvalue weighted by molar-refractivity contribution is 8.01. The molecule has 15 heteroatoms. The first-order valence-electron chi connectivity index (χ1n) is 10.9. The molecule has 2 aliphatic rings. The van der Waals surface area contributed by atoms with Gasteiger partial charge in [0, 0.05) is 11.3 Å². The van der Waals surface area contributed by atoms with Crippen molar-refractivity contribution < 1.29 is 37.4 Å². The summed E-state index contributed by atoms with van der Waals surface area (Å²) in [6, 6.07) is 4.28. The van der Waals surface area contributed by atoms with Gasteiger partial charge < -0.3 is 25.0 Å². The van der Waals surface area contributed by atoms with E-state index in [4.69, 9.17) is 4.74 Å². The number of amides is 3. The summed E-state index contributed by atoms with van der Waals surface area (Å²) in [5, 5.41) is 11.5. The Balaban J connectivity index is 1.73. The Morgan fingerprint density at radius 3 is 2.44 bits per heavy atom. The molecule has 0 saturated carbocycles. The topological polar surface area (TPSA) is 174 Å². The molecule has 0 spiro atoms. The molecule has 2 saturated heterocycles. The molecule has 2 fully saturated rings. The number of β-lactam (4-membered cyclic amide) rings is 1. The van der Waals surface area contributed by atoms with Gasteiger partial charge >= 0.3 is 22.3 Å². The van der Waals surface area contributed by atoms with E-state index in [1.165, 1.54) is 28.8 Å². The second kappa shape index (κ2) is 10.6. The molecule has 0 bridgehead atoms. The van der Waals surface area contributed by atoms with Crippen LogP contribution in [0.15, 0.2) is 30.3 Å². The maximum atomic E-state index is 13.2. The van der Waals surface area contributed by atoms with E-state index in [1.54, 1.807) is 55.8 Å². The van der Waals surface area contributed by atoms with Gasteiger partial charge in [0.1, 0.15) is 30.1 Å². The van der Waals surface area contributed by atoms with Gasteiger partial charge in [-0.2, -0.15) is 13.1 Å². The molecule has 1 aromatic carbocycles. The number of likely N-dealkylation sites (N-methyl/N-ethyl adjacent to an activating group) is 1. The van der Waals surface area contributed by atoms with Crippen LogP contribution in [0.5, 0.6) is 0 Å². The van der Waals surface area contributed by atoms with Crippen molar-refractivity contribution in [3.63, 3.8) is 0 Å². The van der Waals surface area contributed by atoms with Crippen LogP contribution in [-0.2, 0) is 29.3 Å². The van der Waals surface area contributed by atoms with Crippen molar-refractivity contribution in [2.45, 2.75) is 42.1 Å². The van der Waals surface area contributed by atoms with E-state index < -0.39 is 62.3 Å². The second-order valence-corrected chi connectivity index (χ2v) is 12.3. The van der Waals surface area contributed by atoms with Crippen molar-refractivity contribution in [1.29, 1.82) is 0 Å². The molecule has 36 heavy (non-hydrogen) atoms. The summed E-state index contributed by atoms with van der Waals surface area (Å²) in [7, 11) is -1.04. The van der Waals surface area contributed by atoms with Crippen molar-refractivity contribution in [2.75, 3.05) is 27.2 Å². The normalized spacial score (nSPS) is 23.4. The lowest BCUT2D eigenvalue weighted by atomic mass is 9.95. The maximum Gasteiger partial charge on any atom is 0.421 e. The number of benzene rings is 1. The Kier molecular flexibility index (Phi) is 8.17. The van der Waals surface area contributed by atoms with E-state index in [1.807, 2.05) is 0 Å². The van der Waals surface area contributed by atoms with E-state index in [2.05, 4.69) is 10.0 Å². The highest BCUT2D eigenvalue weighted by Crippen LogP contribution is 2.50. The lowest BCUT2D eigenvalue weighted by molar-refractivity contribution is -0.161. The number of carboxylic acids is 1. The summed E-state index contributed by atoms with van der Waals surface area (Å²) in [4.78, 5) is 52.5. The molecular formula is C21H29N5O8S2. The van der Waals surface area contributed by atoms with Crippen molar-refractivity contribution in [3.05, 3.63) is 35.9 Å². The number of carbonyl (C=O) groups is 4. The Labute approximate surface area is 213 Å². The fourth-order valence-electron chi connectivity index (χ4n) is 3.95. The number of nitrogens with one attached hydrogen (secondary N) is 3. The molecule has 0 aromatic heterocycles. The summed E-state index contributed by atoms with van der Waals surface area (Å²) in [6.45, 7) is 3.72. The third-order valence-corrected chi connectivity index (χ3v) is 8.18. The first-order valence-corrected chi connectivity index (χ1v) is 13.3. The zero-order valence-corrected chi connectivity index (χ0v) is 21.8. The number of ether oxygens (including phenoxy) is 1. The average molecular weight is 544 g/mol. The summed E-state index contributed by atoms with van der Waals surface area (Å²) in [5.74, 6) is -2.56. The summed E-state index contributed by atoms with van der Waals surface area (Å²) < 4.78 is 33.0. The summed E-state index contributed by atoms with van der Waals surface area (Å²) >= 11 is 1.24. The standard InChI is InChI=1S/C21H29N5O8S2/c1-21(2)15(19(29)30)26-17(28)14(18(26)35-21)22-16(27)13(12-8-6-5-7-9-12)23-36(32,33)24-20(31)34-11-10-25(3)4/h5-9,13-15,18,23H,10-11H2,1-4H3,(H,22,27)(H,24,31)(H,29,30)/t13?,14-,15+,18-/m1/s1. The van der Waals surface area contributed by atoms with Gasteiger partial charge in [-0.1, -0.05) is 30.3 Å². The molecule has 4 atom stereocenters. The van der Waals surface area contributed by atoms with Gasteiger partial charge in [-0.15, -0.1) is 11.8 Å². The van der Waals surface area contributed by atoms with Crippen LogP contribution in [0, 0.1) is 0 Å². The Hall–Kier alpha value is -2.88. The number of rotatable bonds is 10. The molecular weight excluding hydrogens is 514 g/mol.